The van der Waals surface area contributed by atoms with Crippen molar-refractivity contribution >= 4 is 29.3 Å². The van der Waals surface area contributed by atoms with Crippen molar-refractivity contribution in [3.8, 4) is 0 Å². The van der Waals surface area contributed by atoms with Crippen LogP contribution in [-0.2, 0) is 14.3 Å². The fourth-order valence-corrected chi connectivity index (χ4v) is 4.93. The molecule has 3 atom stereocenters. The third kappa shape index (κ3) is 3.18. The number of hydrogen-bond donors (Lipinski definition) is 3. The monoisotopic (exact) mass is 412 g/mol. The van der Waals surface area contributed by atoms with Gasteiger partial charge < -0.3 is 15.4 Å². The highest BCUT2D eigenvalue weighted by atomic mass is 16.5. The fraction of sp³-hybridized carbons (Fsp3) is 0.524. The van der Waals surface area contributed by atoms with Crippen molar-refractivity contribution in [3.05, 3.63) is 29.3 Å². The van der Waals surface area contributed by atoms with Crippen LogP contribution in [-0.4, -0.2) is 66.9 Å². The van der Waals surface area contributed by atoms with Crippen LogP contribution in [0, 0.1) is 5.41 Å². The highest BCUT2D eigenvalue weighted by Gasteiger charge is 2.45. The van der Waals surface area contributed by atoms with E-state index in [9.17, 15) is 19.2 Å². The van der Waals surface area contributed by atoms with Gasteiger partial charge in [0.15, 0.2) is 0 Å². The number of benzene rings is 1. The zero-order chi connectivity index (χ0) is 20.9. The van der Waals surface area contributed by atoms with E-state index in [1.165, 1.54) is 0 Å². The Morgan fingerprint density at radius 3 is 2.77 bits per heavy atom. The van der Waals surface area contributed by atoms with E-state index in [1.807, 2.05) is 0 Å². The van der Waals surface area contributed by atoms with Gasteiger partial charge in [-0.05, 0) is 44.0 Å². The normalized spacial score (nSPS) is 30.9. The third-order valence-electron chi connectivity index (χ3n) is 6.59. The van der Waals surface area contributed by atoms with Crippen LogP contribution in [0.15, 0.2) is 18.2 Å². The molecular formula is C21H24N4O5. The molecule has 9 heteroatoms. The van der Waals surface area contributed by atoms with Crippen molar-refractivity contribution in [3.63, 3.8) is 0 Å². The van der Waals surface area contributed by atoms with Gasteiger partial charge in [0.25, 0.3) is 11.8 Å². The molecule has 3 unspecified atom stereocenters. The lowest BCUT2D eigenvalue weighted by molar-refractivity contribution is -0.136. The van der Waals surface area contributed by atoms with Crippen LogP contribution in [0.4, 0.5) is 5.69 Å². The van der Waals surface area contributed by atoms with Crippen molar-refractivity contribution < 1.29 is 23.9 Å². The van der Waals surface area contributed by atoms with Crippen molar-refractivity contribution in [1.82, 2.24) is 15.5 Å². The summed E-state index contributed by atoms with van der Waals surface area (Å²) >= 11 is 0. The van der Waals surface area contributed by atoms with Gasteiger partial charge in [-0.3, -0.25) is 29.4 Å². The molecule has 1 aromatic carbocycles. The maximum absolute atomic E-state index is 12.9. The average molecular weight is 412 g/mol. The van der Waals surface area contributed by atoms with Gasteiger partial charge in [0.05, 0.1) is 23.8 Å². The van der Waals surface area contributed by atoms with E-state index in [1.54, 1.807) is 18.2 Å². The Hall–Kier alpha value is -2.78. The van der Waals surface area contributed by atoms with E-state index in [4.69, 9.17) is 4.74 Å². The van der Waals surface area contributed by atoms with Crippen molar-refractivity contribution in [2.75, 3.05) is 31.6 Å². The van der Waals surface area contributed by atoms with E-state index >= 15 is 0 Å². The van der Waals surface area contributed by atoms with Crippen LogP contribution >= 0.6 is 0 Å². The Labute approximate surface area is 173 Å². The summed E-state index contributed by atoms with van der Waals surface area (Å²) in [7, 11) is 0. The SMILES string of the molecule is O=C1CCC(N2C(=O)c3ccc(NCC4CC5(CCNC5)CO4)cc3C2=O)C(=O)N1. The minimum Gasteiger partial charge on any atom is -0.382 e. The molecule has 3 N–H and O–H groups in total. The van der Waals surface area contributed by atoms with E-state index in [0.29, 0.717) is 6.54 Å². The maximum Gasteiger partial charge on any atom is 0.262 e. The van der Waals surface area contributed by atoms with Gasteiger partial charge >= 0.3 is 0 Å². The first-order valence-corrected chi connectivity index (χ1v) is 10.4. The Bertz CT molecular complexity index is 939. The molecule has 1 aromatic rings. The van der Waals surface area contributed by atoms with Crippen molar-refractivity contribution in [1.29, 1.82) is 0 Å². The molecule has 3 fully saturated rings. The van der Waals surface area contributed by atoms with E-state index in [0.717, 1.165) is 43.1 Å². The number of rotatable bonds is 4. The predicted octanol–water partition coefficient (Wildman–Crippen LogP) is 0.268. The summed E-state index contributed by atoms with van der Waals surface area (Å²) in [6.45, 7) is 3.42. The number of imide groups is 2. The summed E-state index contributed by atoms with van der Waals surface area (Å²) < 4.78 is 5.96. The fourth-order valence-electron chi connectivity index (χ4n) is 4.93. The second kappa shape index (κ2) is 7.17. The van der Waals surface area contributed by atoms with Gasteiger partial charge in [-0.1, -0.05) is 0 Å². The second-order valence-electron chi connectivity index (χ2n) is 8.65. The molecule has 9 nitrogen and oxygen atoms in total. The molecule has 0 saturated carbocycles. The number of amides is 4. The molecular weight excluding hydrogens is 388 g/mol. The molecule has 0 aromatic heterocycles. The number of carbonyl (C=O) groups is 4. The minimum atomic E-state index is -0.949. The molecule has 4 aliphatic heterocycles. The first-order valence-electron chi connectivity index (χ1n) is 10.4. The zero-order valence-corrected chi connectivity index (χ0v) is 16.5. The first-order chi connectivity index (χ1) is 14.5. The van der Waals surface area contributed by atoms with Crippen LogP contribution in [0.3, 0.4) is 0 Å². The Kier molecular flexibility index (Phi) is 4.59. The van der Waals surface area contributed by atoms with Gasteiger partial charge in [-0.25, -0.2) is 0 Å². The van der Waals surface area contributed by atoms with Crippen molar-refractivity contribution in [2.24, 2.45) is 5.41 Å². The number of fused-ring (bicyclic) bond motifs is 1. The number of nitrogens with one attached hydrogen (secondary N) is 3. The topological polar surface area (TPSA) is 117 Å². The first kappa shape index (κ1) is 19.2. The number of piperidine rings is 1. The zero-order valence-electron chi connectivity index (χ0n) is 16.5. The molecule has 1 spiro atoms. The molecule has 0 radical (unpaired) electrons. The Balaban J connectivity index is 1.27. The summed E-state index contributed by atoms with van der Waals surface area (Å²) in [4.78, 5) is 50.2. The summed E-state index contributed by atoms with van der Waals surface area (Å²) in [5.41, 5.74) is 1.53. The summed E-state index contributed by atoms with van der Waals surface area (Å²) in [5.74, 6) is -1.98. The quantitative estimate of drug-likeness (QED) is 0.608. The van der Waals surface area contributed by atoms with Gasteiger partial charge in [-0.2, -0.15) is 0 Å². The summed E-state index contributed by atoms with van der Waals surface area (Å²) in [6, 6.07) is 4.08. The maximum atomic E-state index is 12.9. The van der Waals surface area contributed by atoms with Gasteiger partial charge in [0, 0.05) is 30.6 Å². The molecule has 4 heterocycles. The standard InChI is InChI=1S/C21H24N4O5/c26-17-4-3-16(18(27)24-17)25-19(28)14-2-1-12(7-15(14)20(25)29)23-9-13-8-21(11-30-13)5-6-22-10-21/h1-2,7,13,16,22-23H,3-6,8-11H2,(H,24,26,27). The summed E-state index contributed by atoms with van der Waals surface area (Å²) in [5, 5.41) is 8.92. The smallest absolute Gasteiger partial charge is 0.262 e. The number of ether oxygens (including phenoxy) is 1. The van der Waals surface area contributed by atoms with Gasteiger partial charge in [0.2, 0.25) is 11.8 Å². The molecule has 0 bridgehead atoms. The number of anilines is 1. The van der Waals surface area contributed by atoms with Crippen LogP contribution in [0.2, 0.25) is 0 Å². The average Bonchev–Trinajstić information content (AvgIpc) is 3.42. The molecule has 4 aliphatic rings. The van der Waals surface area contributed by atoms with Gasteiger partial charge in [0.1, 0.15) is 6.04 Å². The van der Waals surface area contributed by atoms with Crippen LogP contribution < -0.4 is 16.0 Å². The third-order valence-corrected chi connectivity index (χ3v) is 6.59. The molecule has 0 aliphatic carbocycles. The highest BCUT2D eigenvalue weighted by Crippen LogP contribution is 2.38. The second-order valence-corrected chi connectivity index (χ2v) is 8.65. The van der Waals surface area contributed by atoms with Crippen LogP contribution in [0.25, 0.3) is 0 Å². The number of nitrogens with zero attached hydrogens (tertiary/aromatic N) is 1. The van der Waals surface area contributed by atoms with E-state index in [-0.39, 0.29) is 41.4 Å². The number of carbonyl (C=O) groups excluding carboxylic acids is 4. The van der Waals surface area contributed by atoms with Crippen LogP contribution in [0.5, 0.6) is 0 Å². The van der Waals surface area contributed by atoms with Crippen LogP contribution in [0.1, 0.15) is 46.4 Å². The largest absolute Gasteiger partial charge is 0.382 e. The van der Waals surface area contributed by atoms with Gasteiger partial charge in [-0.15, -0.1) is 0 Å². The van der Waals surface area contributed by atoms with E-state index < -0.39 is 23.8 Å². The minimum absolute atomic E-state index is 0.106. The Morgan fingerprint density at radius 1 is 1.17 bits per heavy atom. The predicted molar refractivity (Wildman–Crippen MR) is 106 cm³/mol. The lowest BCUT2D eigenvalue weighted by atomic mass is 9.85. The summed E-state index contributed by atoms with van der Waals surface area (Å²) in [6.07, 6.45) is 2.50. The molecule has 4 amide bonds. The molecule has 158 valence electrons. The van der Waals surface area contributed by atoms with E-state index in [2.05, 4.69) is 16.0 Å². The lowest BCUT2D eigenvalue weighted by Gasteiger charge is -2.27. The molecule has 3 saturated heterocycles. The number of hydrogen-bond acceptors (Lipinski definition) is 7. The van der Waals surface area contributed by atoms with Crippen molar-refractivity contribution in [2.45, 2.75) is 37.8 Å². The highest BCUT2D eigenvalue weighted by molar-refractivity contribution is 6.23. The lowest BCUT2D eigenvalue weighted by Crippen LogP contribution is -2.54. The molecule has 5 rings (SSSR count). The molecule has 30 heavy (non-hydrogen) atoms. The Morgan fingerprint density at radius 2 is 2.00 bits per heavy atom.